The third-order valence-electron chi connectivity index (χ3n) is 23.7. The van der Waals surface area contributed by atoms with E-state index in [0.29, 0.717) is 12.8 Å². The van der Waals surface area contributed by atoms with Crippen LogP contribution in [0.3, 0.4) is 0 Å². The molecule has 0 radical (unpaired) electrons. The Morgan fingerprint density at radius 2 is 0.633 bits per heavy atom. The van der Waals surface area contributed by atoms with Gasteiger partial charge >= 0.3 is 0 Å². The van der Waals surface area contributed by atoms with Crippen LogP contribution < -0.4 is 16.0 Å². The fourth-order valence-corrected chi connectivity index (χ4v) is 16.5. The number of allylic oxidation sites excluding steroid dienone is 1. The van der Waals surface area contributed by atoms with E-state index in [1.165, 1.54) is 161 Å². The van der Waals surface area contributed by atoms with Gasteiger partial charge in [0, 0.05) is 20.3 Å². The lowest BCUT2D eigenvalue weighted by molar-refractivity contribution is -0.386. The second-order valence-electron chi connectivity index (χ2n) is 33.5. The van der Waals surface area contributed by atoms with Gasteiger partial charge in [0.1, 0.15) is 146 Å². The molecule has 6 saturated heterocycles. The number of nitrogens with one attached hydrogen (secondary N) is 3. The largest absolute Gasteiger partial charge is 0.394 e. The van der Waals surface area contributed by atoms with Crippen LogP contribution in [-0.2, 0) is 71.2 Å². The molecule has 12 unspecified atom stereocenters. The first-order valence-electron chi connectivity index (χ1n) is 45.0. The van der Waals surface area contributed by atoms with E-state index in [1.807, 2.05) is 6.08 Å². The highest BCUT2D eigenvalue weighted by Gasteiger charge is 2.59. The minimum Gasteiger partial charge on any atom is -0.394 e. The number of hydrogen-bond donors (Lipinski definition) is 21. The van der Waals surface area contributed by atoms with Crippen molar-refractivity contribution in [1.82, 2.24) is 16.0 Å². The molecular weight excluding hydrogens is 1580 g/mol. The molecule has 702 valence electrons. The van der Waals surface area contributed by atoms with Gasteiger partial charge in [-0.3, -0.25) is 14.4 Å². The molecule has 0 aromatic carbocycles. The SMILES string of the molecule is CCCCCCCCCCCCC/C=C/[C@@H](O)[C@H](CO[C@@H]1OC(CO)[C@@H](O[C@@H]2OC(CO)[C@H](O)[C@H](O[C@@H]3OC(CO)[C@@H](O)[C@H](O[C@@H]4OC(CO)[C@H](O)[C@H](O[C@@H]5OC(CO)[C@@H](O[C@@H]6OC(CO)[C@H](O)[C@H](O)C6O)[C@H](O)C5NC(C)=O)C4O)C3NC(C)=O)C2O)[C@H](O)C1O)NC(=O)CCCCCCCCCCCCCCCCCCCCCCCCC. The molecule has 0 bridgehead atoms. The van der Waals surface area contributed by atoms with Crippen LogP contribution in [0.4, 0.5) is 0 Å². The number of carbonyl (C=O) groups excluding carboxylic acids is 3. The molecule has 32 atom stereocenters. The number of aliphatic hydroxyl groups is 18. The molecule has 120 heavy (non-hydrogen) atoms. The molecule has 6 aliphatic rings. The Labute approximate surface area is 707 Å². The molecule has 6 fully saturated rings. The van der Waals surface area contributed by atoms with Crippen molar-refractivity contribution >= 4 is 17.7 Å². The van der Waals surface area contributed by atoms with Gasteiger partial charge in [-0.05, 0) is 19.3 Å². The van der Waals surface area contributed by atoms with Crippen LogP contribution in [0.15, 0.2) is 12.2 Å². The zero-order chi connectivity index (χ0) is 87.6. The molecule has 6 aliphatic heterocycles. The van der Waals surface area contributed by atoms with Crippen molar-refractivity contribution in [2.24, 2.45) is 0 Å². The molecule has 21 N–H and O–H groups in total. The zero-order valence-electron chi connectivity index (χ0n) is 71.2. The summed E-state index contributed by atoms with van der Waals surface area (Å²) in [4.78, 5) is 39.5. The van der Waals surface area contributed by atoms with Gasteiger partial charge in [-0.1, -0.05) is 231 Å². The Balaban J connectivity index is 1.07. The van der Waals surface area contributed by atoms with E-state index in [1.54, 1.807) is 6.08 Å². The van der Waals surface area contributed by atoms with E-state index >= 15 is 0 Å². The van der Waals surface area contributed by atoms with Gasteiger partial charge in [-0.2, -0.15) is 0 Å². The van der Waals surface area contributed by atoms with Crippen molar-refractivity contribution in [3.63, 3.8) is 0 Å². The fourth-order valence-electron chi connectivity index (χ4n) is 16.5. The summed E-state index contributed by atoms with van der Waals surface area (Å²) in [6, 6.07) is -4.71. The summed E-state index contributed by atoms with van der Waals surface area (Å²) in [5.74, 6) is -2.08. The van der Waals surface area contributed by atoms with Crippen molar-refractivity contribution in [3.8, 4) is 0 Å². The number of amides is 3. The molecule has 36 nitrogen and oxygen atoms in total. The highest BCUT2D eigenvalue weighted by Crippen LogP contribution is 2.38. The minimum atomic E-state index is -2.28. The Kier molecular flexibility index (Phi) is 51.5. The highest BCUT2D eigenvalue weighted by atomic mass is 16.8. The van der Waals surface area contributed by atoms with Crippen molar-refractivity contribution in [2.75, 3.05) is 46.2 Å². The van der Waals surface area contributed by atoms with Crippen LogP contribution in [0.5, 0.6) is 0 Å². The number of ether oxygens (including phenoxy) is 12. The first-order chi connectivity index (χ1) is 57.8. The maximum absolute atomic E-state index is 13.6. The maximum atomic E-state index is 13.6. The predicted molar refractivity (Wildman–Crippen MR) is 431 cm³/mol. The first-order valence-corrected chi connectivity index (χ1v) is 45.0. The Morgan fingerprint density at radius 1 is 0.325 bits per heavy atom. The quantitative estimate of drug-likeness (QED) is 0.0294. The lowest BCUT2D eigenvalue weighted by atomic mass is 9.93. The van der Waals surface area contributed by atoms with Crippen LogP contribution >= 0.6 is 0 Å². The molecule has 0 spiro atoms. The topological polar surface area (TPSA) is 562 Å². The van der Waals surface area contributed by atoms with Crippen LogP contribution in [0.25, 0.3) is 0 Å². The molecule has 0 aromatic rings. The van der Waals surface area contributed by atoms with E-state index in [0.717, 1.165) is 65.2 Å². The van der Waals surface area contributed by atoms with Crippen LogP contribution in [0.2, 0.25) is 0 Å². The number of aliphatic hydroxyl groups excluding tert-OH is 18. The normalized spacial score (nSPS) is 35.5. The van der Waals surface area contributed by atoms with Gasteiger partial charge in [-0.15, -0.1) is 0 Å². The Bertz CT molecular complexity index is 2740. The summed E-state index contributed by atoms with van der Waals surface area (Å²) in [6.45, 7) is 0.0565. The van der Waals surface area contributed by atoms with E-state index < -0.39 is 254 Å². The van der Waals surface area contributed by atoms with E-state index in [4.69, 9.17) is 56.8 Å². The number of hydrogen-bond acceptors (Lipinski definition) is 33. The summed E-state index contributed by atoms with van der Waals surface area (Å²) in [7, 11) is 0. The van der Waals surface area contributed by atoms with Crippen molar-refractivity contribution in [2.45, 2.75) is 455 Å². The summed E-state index contributed by atoms with van der Waals surface area (Å²) in [6.07, 6.45) is -9.88. The van der Waals surface area contributed by atoms with Crippen LogP contribution in [-0.4, -0.2) is 352 Å². The van der Waals surface area contributed by atoms with Crippen LogP contribution in [0.1, 0.15) is 259 Å². The van der Waals surface area contributed by atoms with Gasteiger partial charge in [0.05, 0.1) is 58.4 Å². The van der Waals surface area contributed by atoms with E-state index in [-0.39, 0.29) is 12.3 Å². The standard InChI is InChI=1S/C84H153N3O33/c1-5-7-9-11-13-15-17-19-20-21-22-23-24-25-26-27-28-30-32-34-36-38-40-42-60(97)87-52(53(96)41-39-37-35-33-31-29-18-16-14-12-10-8-6-2)49-109-81-71(106)69(104)75(59(48-93)115-81)117-83-72(107)78(66(101)56(45-90)112-83)120-80-62(86-51(4)95)76(64(99)55(44-89)110-80)118-84-73(108)77(65(100)57(46-91)113-84)119-79-61(85-50(3)94)67(102)74(58(47-92)114-79)116-82-70(105)68(103)63(98)54(43-88)111-82/h39,41,52-59,61-84,88-93,96,98-108H,5-38,40,42-49H2,1-4H3,(H,85,94)(H,86,95)(H,87,97)/b41-39+/t52-,53+,54?,55?,56?,57?,58?,59?,61?,62?,63-,64+,65-,66-,67+,68-,69+,70?,71?,72?,73?,74+,75+,76+,77-,78-,79-,80-,81+,82-,83-,84-/m0/s1. The van der Waals surface area contributed by atoms with Gasteiger partial charge < -0.3 is 165 Å². The van der Waals surface area contributed by atoms with Gasteiger partial charge in [0.25, 0.3) is 0 Å². The molecule has 0 saturated carbocycles. The monoisotopic (exact) mass is 1730 g/mol. The van der Waals surface area contributed by atoms with Crippen molar-refractivity contribution in [3.05, 3.63) is 12.2 Å². The Hall–Kier alpha value is -3.05. The predicted octanol–water partition coefficient (Wildman–Crippen LogP) is 0.697. The molecule has 3 amide bonds. The minimum absolute atomic E-state index is 0.172. The molecule has 6 rings (SSSR count). The Morgan fingerprint density at radius 3 is 1.04 bits per heavy atom. The molecule has 6 heterocycles. The second kappa shape index (κ2) is 58.4. The molecule has 0 aliphatic carbocycles. The lowest BCUT2D eigenvalue weighted by Gasteiger charge is -2.51. The summed E-state index contributed by atoms with van der Waals surface area (Å²) >= 11 is 0. The highest BCUT2D eigenvalue weighted by molar-refractivity contribution is 5.76. The third kappa shape index (κ3) is 33.9. The summed E-state index contributed by atoms with van der Waals surface area (Å²) in [5.41, 5.74) is 0. The number of rotatable bonds is 60. The average molecular weight is 1730 g/mol. The van der Waals surface area contributed by atoms with Crippen molar-refractivity contribution in [1.29, 1.82) is 0 Å². The van der Waals surface area contributed by atoms with E-state index in [2.05, 4.69) is 29.8 Å². The maximum Gasteiger partial charge on any atom is 0.220 e. The third-order valence-corrected chi connectivity index (χ3v) is 23.7. The summed E-state index contributed by atoms with van der Waals surface area (Å²) in [5, 5.41) is 209. The van der Waals surface area contributed by atoms with E-state index in [9.17, 15) is 106 Å². The number of unbranched alkanes of at least 4 members (excludes halogenated alkanes) is 33. The van der Waals surface area contributed by atoms with Crippen LogP contribution in [0, 0.1) is 0 Å². The molecule has 36 heteroatoms. The van der Waals surface area contributed by atoms with Gasteiger partial charge in [-0.25, -0.2) is 0 Å². The second-order valence-corrected chi connectivity index (χ2v) is 33.5. The van der Waals surface area contributed by atoms with Gasteiger partial charge in [0.15, 0.2) is 37.7 Å². The summed E-state index contributed by atoms with van der Waals surface area (Å²) < 4.78 is 71.2. The van der Waals surface area contributed by atoms with Gasteiger partial charge in [0.2, 0.25) is 17.7 Å². The lowest BCUT2D eigenvalue weighted by Crippen LogP contribution is -2.71. The molecule has 0 aromatic heterocycles. The number of carbonyl (C=O) groups is 3. The zero-order valence-corrected chi connectivity index (χ0v) is 71.2. The van der Waals surface area contributed by atoms with Crippen molar-refractivity contribution < 1.29 is 163 Å². The smallest absolute Gasteiger partial charge is 0.220 e. The first kappa shape index (κ1) is 106. The average Bonchev–Trinajstić information content (AvgIpc) is 0.764. The fraction of sp³-hybridized carbons (Fsp3) is 0.940. The molecular formula is C84H153N3O33.